The molecule has 0 aliphatic rings. The van der Waals surface area contributed by atoms with Gasteiger partial charge in [-0.25, -0.2) is 4.98 Å². The van der Waals surface area contributed by atoms with Crippen molar-refractivity contribution in [2.45, 2.75) is 12.5 Å². The smallest absolute Gasteiger partial charge is 0.253 e. The van der Waals surface area contributed by atoms with Crippen LogP contribution in [-0.2, 0) is 4.79 Å². The van der Waals surface area contributed by atoms with E-state index in [1.807, 2.05) is 30.5 Å². The summed E-state index contributed by atoms with van der Waals surface area (Å²) in [4.78, 5) is 30.0. The van der Waals surface area contributed by atoms with Crippen LogP contribution in [0.1, 0.15) is 16.8 Å². The number of nitrogens with one attached hydrogen (secondary N) is 2. The Morgan fingerprint density at radius 2 is 2.07 bits per heavy atom. The van der Waals surface area contributed by atoms with Gasteiger partial charge in [0.1, 0.15) is 11.8 Å². The molecule has 2 amide bonds. The average molecular weight is 494 g/mol. The third-order valence-electron chi connectivity index (χ3n) is 4.18. The van der Waals surface area contributed by atoms with E-state index in [0.29, 0.717) is 21.6 Å². The van der Waals surface area contributed by atoms with Crippen LogP contribution in [0.5, 0.6) is 5.75 Å². The Morgan fingerprint density at radius 3 is 2.79 bits per heavy atom. The van der Waals surface area contributed by atoms with E-state index in [1.54, 1.807) is 37.1 Å². The number of thioether (sulfide) groups is 1. The second kappa shape index (κ2) is 10.1. The second-order valence-electron chi connectivity index (χ2n) is 6.13. The highest BCUT2D eigenvalue weighted by Crippen LogP contribution is 2.29. The van der Waals surface area contributed by atoms with Crippen LogP contribution in [0.3, 0.4) is 0 Å². The Kier molecular flexibility index (Phi) is 7.51. The van der Waals surface area contributed by atoms with E-state index in [4.69, 9.17) is 4.74 Å². The van der Waals surface area contributed by atoms with Crippen LogP contribution in [0, 0.1) is 0 Å². The predicted molar refractivity (Wildman–Crippen MR) is 123 cm³/mol. The molecule has 1 aromatic heterocycles. The van der Waals surface area contributed by atoms with Gasteiger partial charge in [0.05, 0.1) is 22.9 Å². The van der Waals surface area contributed by atoms with E-state index >= 15 is 0 Å². The van der Waals surface area contributed by atoms with E-state index in [2.05, 4.69) is 31.5 Å². The Balaban J connectivity index is 1.75. The molecule has 3 rings (SSSR count). The van der Waals surface area contributed by atoms with E-state index in [9.17, 15) is 9.59 Å². The summed E-state index contributed by atoms with van der Waals surface area (Å²) >= 11 is 6.36. The van der Waals surface area contributed by atoms with Crippen molar-refractivity contribution in [1.29, 1.82) is 0 Å². The molecule has 152 valence electrons. The quantitative estimate of drug-likeness (QED) is 0.480. The molecule has 6 nitrogen and oxygen atoms in total. The Morgan fingerprint density at radius 1 is 1.28 bits per heavy atom. The number of ether oxygens (including phenoxy) is 1. The number of fused-ring (bicyclic) bond motifs is 1. The standard InChI is InChI=1S/C20H20BrN3O3S2/c1-27-12-7-8-15-17(11-12)29-20(23-15)24-19(26)16(9-10-28-2)22-18(25)13-5-3-4-6-14(13)21/h3-8,11,16H,9-10H2,1-2H3,(H,22,25)(H,23,24,26). The second-order valence-corrected chi connectivity index (χ2v) is 9.00. The average Bonchev–Trinajstić information content (AvgIpc) is 3.12. The molecule has 9 heteroatoms. The number of halogens is 1. The summed E-state index contributed by atoms with van der Waals surface area (Å²) < 4.78 is 6.82. The van der Waals surface area contributed by atoms with E-state index in [-0.39, 0.29) is 11.8 Å². The first kappa shape index (κ1) is 21.6. The third-order valence-corrected chi connectivity index (χ3v) is 6.45. The molecule has 0 fully saturated rings. The molecular formula is C20H20BrN3O3S2. The fourth-order valence-corrected chi connectivity index (χ4v) is 4.50. The monoisotopic (exact) mass is 493 g/mol. The summed E-state index contributed by atoms with van der Waals surface area (Å²) in [6.07, 6.45) is 2.48. The lowest BCUT2D eigenvalue weighted by molar-refractivity contribution is -0.118. The van der Waals surface area contributed by atoms with Gasteiger partial charge in [-0.1, -0.05) is 23.5 Å². The zero-order valence-electron chi connectivity index (χ0n) is 15.9. The summed E-state index contributed by atoms with van der Waals surface area (Å²) in [5, 5.41) is 6.17. The van der Waals surface area contributed by atoms with Crippen LogP contribution in [0.25, 0.3) is 10.2 Å². The van der Waals surface area contributed by atoms with Crippen molar-refractivity contribution in [2.24, 2.45) is 0 Å². The highest BCUT2D eigenvalue weighted by atomic mass is 79.9. The molecular weight excluding hydrogens is 474 g/mol. The van der Waals surface area contributed by atoms with E-state index in [0.717, 1.165) is 21.7 Å². The first-order valence-electron chi connectivity index (χ1n) is 8.81. The largest absolute Gasteiger partial charge is 0.497 e. The van der Waals surface area contributed by atoms with Gasteiger partial charge in [0.2, 0.25) is 5.91 Å². The van der Waals surface area contributed by atoms with Crippen molar-refractivity contribution >= 4 is 66.2 Å². The molecule has 0 radical (unpaired) electrons. The molecule has 1 unspecified atom stereocenters. The van der Waals surface area contributed by atoms with Gasteiger partial charge in [0.15, 0.2) is 5.13 Å². The number of nitrogens with zero attached hydrogens (tertiary/aromatic N) is 1. The number of hydrogen-bond donors (Lipinski definition) is 2. The summed E-state index contributed by atoms with van der Waals surface area (Å²) in [6.45, 7) is 0. The van der Waals surface area contributed by atoms with Gasteiger partial charge < -0.3 is 15.4 Å². The maximum absolute atomic E-state index is 12.9. The maximum Gasteiger partial charge on any atom is 0.253 e. The Bertz CT molecular complexity index is 1030. The first-order chi connectivity index (χ1) is 14.0. The fraction of sp³-hybridized carbons (Fsp3) is 0.250. The summed E-state index contributed by atoms with van der Waals surface area (Å²) in [5.74, 6) is 0.890. The van der Waals surface area contributed by atoms with Gasteiger partial charge in [-0.05, 0) is 64.7 Å². The van der Waals surface area contributed by atoms with E-state index < -0.39 is 6.04 Å². The van der Waals surface area contributed by atoms with Gasteiger partial charge in [0.25, 0.3) is 5.91 Å². The minimum Gasteiger partial charge on any atom is -0.497 e. The van der Waals surface area contributed by atoms with Gasteiger partial charge >= 0.3 is 0 Å². The molecule has 0 aliphatic heterocycles. The maximum atomic E-state index is 12.9. The fourth-order valence-electron chi connectivity index (χ4n) is 2.66. The van der Waals surface area contributed by atoms with Crippen LogP contribution in [0.2, 0.25) is 0 Å². The zero-order valence-corrected chi connectivity index (χ0v) is 19.1. The molecule has 0 aliphatic carbocycles. The van der Waals surface area contributed by atoms with Crippen LogP contribution in [0.15, 0.2) is 46.9 Å². The third kappa shape index (κ3) is 5.49. The molecule has 2 N–H and O–H groups in total. The predicted octanol–water partition coefficient (Wildman–Crippen LogP) is 4.56. The lowest BCUT2D eigenvalue weighted by Crippen LogP contribution is -2.44. The number of rotatable bonds is 8. The van der Waals surface area contributed by atoms with Crippen molar-refractivity contribution in [3.8, 4) is 5.75 Å². The number of carbonyl (C=O) groups excluding carboxylic acids is 2. The van der Waals surface area contributed by atoms with Gasteiger partial charge in [-0.3, -0.25) is 9.59 Å². The molecule has 29 heavy (non-hydrogen) atoms. The number of anilines is 1. The number of thiazole rings is 1. The number of methoxy groups -OCH3 is 1. The normalized spacial score (nSPS) is 11.8. The van der Waals surface area contributed by atoms with Crippen molar-refractivity contribution in [3.63, 3.8) is 0 Å². The minimum absolute atomic E-state index is 0.287. The number of aromatic nitrogens is 1. The topological polar surface area (TPSA) is 80.3 Å². The van der Waals surface area contributed by atoms with Crippen LogP contribution in [0.4, 0.5) is 5.13 Å². The number of amides is 2. The highest BCUT2D eigenvalue weighted by Gasteiger charge is 2.23. The van der Waals surface area contributed by atoms with Crippen molar-refractivity contribution in [1.82, 2.24) is 10.3 Å². The molecule has 0 spiro atoms. The van der Waals surface area contributed by atoms with E-state index in [1.165, 1.54) is 11.3 Å². The van der Waals surface area contributed by atoms with Crippen molar-refractivity contribution in [3.05, 3.63) is 52.5 Å². The van der Waals surface area contributed by atoms with Crippen LogP contribution < -0.4 is 15.4 Å². The first-order valence-corrected chi connectivity index (χ1v) is 11.8. The van der Waals surface area contributed by atoms with Crippen molar-refractivity contribution < 1.29 is 14.3 Å². The van der Waals surface area contributed by atoms with Crippen molar-refractivity contribution in [2.75, 3.05) is 24.4 Å². The molecule has 1 heterocycles. The lowest BCUT2D eigenvalue weighted by atomic mass is 10.1. The van der Waals surface area contributed by atoms with Gasteiger partial charge in [-0.15, -0.1) is 0 Å². The summed E-state index contributed by atoms with van der Waals surface area (Å²) in [7, 11) is 1.61. The number of carbonyl (C=O) groups is 2. The molecule has 3 aromatic rings. The number of hydrogen-bond acceptors (Lipinski definition) is 6. The molecule has 0 saturated carbocycles. The Labute approximate surface area is 185 Å². The van der Waals surface area contributed by atoms with Gasteiger partial charge in [-0.2, -0.15) is 11.8 Å². The van der Waals surface area contributed by atoms with Crippen LogP contribution >= 0.6 is 39.0 Å². The summed E-state index contributed by atoms with van der Waals surface area (Å²) in [6, 6.07) is 12.0. The molecule has 2 aromatic carbocycles. The SMILES string of the molecule is COc1ccc2nc(NC(=O)C(CCSC)NC(=O)c3ccccc3Br)sc2c1. The highest BCUT2D eigenvalue weighted by molar-refractivity contribution is 9.10. The summed E-state index contributed by atoms with van der Waals surface area (Å²) in [5.41, 5.74) is 1.27. The number of benzene rings is 2. The molecule has 1 atom stereocenters. The van der Waals surface area contributed by atoms with Gasteiger partial charge in [0, 0.05) is 4.47 Å². The lowest BCUT2D eigenvalue weighted by Gasteiger charge is -2.17. The zero-order chi connectivity index (χ0) is 20.8. The van der Waals surface area contributed by atoms with Crippen LogP contribution in [-0.4, -0.2) is 42.0 Å². The Hall–Kier alpha value is -2.10. The molecule has 0 bridgehead atoms. The molecule has 0 saturated heterocycles. The minimum atomic E-state index is -0.663.